The molecule has 0 unspecified atom stereocenters. The minimum absolute atomic E-state index is 0.000000000000000222. The van der Waals surface area contributed by atoms with E-state index in [0.29, 0.717) is 6.61 Å². The Morgan fingerprint density at radius 3 is 2.80 bits per heavy atom. The average molecular weight is 144 g/mol. The van der Waals surface area contributed by atoms with Crippen molar-refractivity contribution in [3.63, 3.8) is 0 Å². The summed E-state index contributed by atoms with van der Waals surface area (Å²) in [5.74, 6) is 0. The number of aliphatic hydroxyl groups is 1. The fourth-order valence-electron chi connectivity index (χ4n) is 1.86. The molecule has 0 spiro atoms. The van der Waals surface area contributed by atoms with Gasteiger partial charge in [0.15, 0.2) is 6.29 Å². The summed E-state index contributed by atoms with van der Waals surface area (Å²) in [5, 5.41) is 9.33. The van der Waals surface area contributed by atoms with Crippen molar-refractivity contribution in [1.29, 1.82) is 0 Å². The third-order valence-corrected chi connectivity index (χ3v) is 2.36. The molecule has 3 aliphatic rings. The molecule has 5 atom stereocenters. The Balaban J connectivity index is 2.00. The van der Waals surface area contributed by atoms with E-state index in [0.717, 1.165) is 0 Å². The van der Waals surface area contributed by atoms with E-state index < -0.39 is 12.4 Å². The predicted octanol–water partition coefficient (Wildman–Crippen LogP) is -1.13. The summed E-state index contributed by atoms with van der Waals surface area (Å²) < 4.78 is 15.8. The first-order chi connectivity index (χ1) is 4.86. The van der Waals surface area contributed by atoms with Gasteiger partial charge in [-0.1, -0.05) is 0 Å². The van der Waals surface area contributed by atoms with Gasteiger partial charge in [0, 0.05) is 0 Å². The van der Waals surface area contributed by atoms with Gasteiger partial charge in [0.25, 0.3) is 0 Å². The quantitative estimate of drug-likeness (QED) is 0.467. The Morgan fingerprint density at radius 2 is 2.10 bits per heavy atom. The van der Waals surface area contributed by atoms with Gasteiger partial charge in [-0.25, -0.2) is 0 Å². The SMILES string of the molecule is O[C@H]1[C@H]2O[C@@H]3[C@@H]1OC[C@@H]3O2. The molecule has 56 valence electrons. The van der Waals surface area contributed by atoms with Crippen molar-refractivity contribution in [3.8, 4) is 0 Å². The van der Waals surface area contributed by atoms with Crippen LogP contribution in [0.1, 0.15) is 0 Å². The van der Waals surface area contributed by atoms with Gasteiger partial charge in [0.2, 0.25) is 0 Å². The lowest BCUT2D eigenvalue weighted by molar-refractivity contribution is -0.104. The van der Waals surface area contributed by atoms with Crippen molar-refractivity contribution in [1.82, 2.24) is 0 Å². The zero-order valence-electron chi connectivity index (χ0n) is 5.27. The Hall–Kier alpha value is -0.160. The Bertz CT molecular complexity index is 169. The van der Waals surface area contributed by atoms with E-state index in [4.69, 9.17) is 14.2 Å². The summed E-state index contributed by atoms with van der Waals surface area (Å²) >= 11 is 0. The molecule has 3 saturated heterocycles. The third-order valence-electron chi connectivity index (χ3n) is 2.36. The number of fused-ring (bicyclic) bond motifs is 1. The smallest absolute Gasteiger partial charge is 0.187 e. The third kappa shape index (κ3) is 0.441. The second kappa shape index (κ2) is 1.53. The molecule has 4 heteroatoms. The molecule has 10 heavy (non-hydrogen) atoms. The van der Waals surface area contributed by atoms with Crippen LogP contribution in [0, 0.1) is 0 Å². The van der Waals surface area contributed by atoms with Crippen LogP contribution in [0.2, 0.25) is 0 Å². The normalized spacial score (nSPS) is 63.9. The molecule has 0 aliphatic carbocycles. The van der Waals surface area contributed by atoms with Crippen molar-refractivity contribution < 1.29 is 19.3 Å². The summed E-state index contributed by atoms with van der Waals surface area (Å²) in [6.45, 7) is 0.572. The fourth-order valence-corrected chi connectivity index (χ4v) is 1.86. The van der Waals surface area contributed by atoms with Crippen LogP contribution in [0.25, 0.3) is 0 Å². The first-order valence-electron chi connectivity index (χ1n) is 3.47. The van der Waals surface area contributed by atoms with Gasteiger partial charge < -0.3 is 19.3 Å². The van der Waals surface area contributed by atoms with Crippen LogP contribution >= 0.6 is 0 Å². The van der Waals surface area contributed by atoms with Crippen molar-refractivity contribution >= 4 is 0 Å². The molecule has 0 aromatic rings. The lowest BCUT2D eigenvalue weighted by Crippen LogP contribution is -2.39. The predicted molar refractivity (Wildman–Crippen MR) is 29.3 cm³/mol. The number of aliphatic hydroxyl groups excluding tert-OH is 1. The Labute approximate surface area is 57.7 Å². The fraction of sp³-hybridized carbons (Fsp3) is 1.00. The number of hydrogen-bond acceptors (Lipinski definition) is 4. The highest BCUT2D eigenvalue weighted by Crippen LogP contribution is 2.40. The van der Waals surface area contributed by atoms with Gasteiger partial charge >= 0.3 is 0 Å². The summed E-state index contributed by atoms with van der Waals surface area (Å²) in [5.41, 5.74) is 0. The molecular formula is C6H8O4. The second-order valence-corrected chi connectivity index (χ2v) is 2.93. The van der Waals surface area contributed by atoms with Crippen LogP contribution in [0.5, 0.6) is 0 Å². The highest BCUT2D eigenvalue weighted by atomic mass is 16.8. The number of rotatable bonds is 0. The largest absolute Gasteiger partial charge is 0.385 e. The average Bonchev–Trinajstić information content (AvgIpc) is 2.43. The van der Waals surface area contributed by atoms with Crippen molar-refractivity contribution in [3.05, 3.63) is 0 Å². The van der Waals surface area contributed by atoms with Gasteiger partial charge in [-0.05, 0) is 0 Å². The number of ether oxygens (including phenoxy) is 3. The molecule has 3 aliphatic heterocycles. The van der Waals surface area contributed by atoms with E-state index in [2.05, 4.69) is 0 Å². The first kappa shape index (κ1) is 5.49. The van der Waals surface area contributed by atoms with Crippen LogP contribution in [-0.4, -0.2) is 42.4 Å². The lowest BCUT2D eigenvalue weighted by Gasteiger charge is -2.17. The van der Waals surface area contributed by atoms with Crippen LogP contribution in [0.4, 0.5) is 0 Å². The maximum absolute atomic E-state index is 9.33. The zero-order valence-corrected chi connectivity index (χ0v) is 5.27. The van der Waals surface area contributed by atoms with E-state index in [1.54, 1.807) is 0 Å². The molecule has 1 N–H and O–H groups in total. The topological polar surface area (TPSA) is 47.9 Å². The highest BCUT2D eigenvalue weighted by molar-refractivity contribution is 5.02. The van der Waals surface area contributed by atoms with Crippen LogP contribution in [0.3, 0.4) is 0 Å². The second-order valence-electron chi connectivity index (χ2n) is 2.93. The maximum atomic E-state index is 9.33. The summed E-state index contributed by atoms with van der Waals surface area (Å²) in [4.78, 5) is 0. The van der Waals surface area contributed by atoms with Crippen molar-refractivity contribution in [2.45, 2.75) is 30.7 Å². The van der Waals surface area contributed by atoms with Gasteiger partial charge in [-0.3, -0.25) is 0 Å². The van der Waals surface area contributed by atoms with Crippen molar-refractivity contribution in [2.24, 2.45) is 0 Å². The van der Waals surface area contributed by atoms with E-state index in [9.17, 15) is 5.11 Å². The van der Waals surface area contributed by atoms with E-state index in [-0.39, 0.29) is 18.3 Å². The van der Waals surface area contributed by atoms with E-state index in [1.165, 1.54) is 0 Å². The summed E-state index contributed by atoms with van der Waals surface area (Å²) in [7, 11) is 0. The van der Waals surface area contributed by atoms with Crippen LogP contribution < -0.4 is 0 Å². The molecule has 2 bridgehead atoms. The summed E-state index contributed by atoms with van der Waals surface area (Å²) in [6.07, 6.45) is -1.02. The molecule has 3 rings (SSSR count). The highest BCUT2D eigenvalue weighted by Gasteiger charge is 2.59. The Kier molecular flexibility index (Phi) is 0.840. The van der Waals surface area contributed by atoms with Crippen molar-refractivity contribution in [2.75, 3.05) is 6.61 Å². The maximum Gasteiger partial charge on any atom is 0.187 e. The zero-order chi connectivity index (χ0) is 6.72. The first-order valence-corrected chi connectivity index (χ1v) is 3.47. The Morgan fingerprint density at radius 1 is 1.20 bits per heavy atom. The monoisotopic (exact) mass is 144 g/mol. The van der Waals surface area contributed by atoms with Gasteiger partial charge in [-0.2, -0.15) is 0 Å². The molecule has 3 fully saturated rings. The molecular weight excluding hydrogens is 136 g/mol. The van der Waals surface area contributed by atoms with Crippen LogP contribution in [0.15, 0.2) is 0 Å². The molecule has 0 saturated carbocycles. The van der Waals surface area contributed by atoms with Gasteiger partial charge in [0.1, 0.15) is 24.4 Å². The van der Waals surface area contributed by atoms with Gasteiger partial charge in [0.05, 0.1) is 6.61 Å². The molecule has 3 heterocycles. The lowest BCUT2D eigenvalue weighted by atomic mass is 10.1. The molecule has 0 aromatic carbocycles. The molecule has 0 aromatic heterocycles. The van der Waals surface area contributed by atoms with Gasteiger partial charge in [-0.15, -0.1) is 0 Å². The standard InChI is InChI=1S/C6H8O4/c7-3-5-4-2(1-8-5)9-6(3)10-4/h2-7H,1H2/t2-,3+,4-,5+,6+/m0/s1. The molecule has 0 amide bonds. The number of hydrogen-bond donors (Lipinski definition) is 1. The van der Waals surface area contributed by atoms with E-state index >= 15 is 0 Å². The minimum atomic E-state index is -0.566. The molecule has 4 nitrogen and oxygen atoms in total. The molecule has 0 radical (unpaired) electrons. The summed E-state index contributed by atoms with van der Waals surface area (Å²) in [6, 6.07) is 0. The van der Waals surface area contributed by atoms with Crippen LogP contribution in [-0.2, 0) is 14.2 Å². The minimum Gasteiger partial charge on any atom is -0.385 e. The van der Waals surface area contributed by atoms with E-state index in [1.807, 2.05) is 0 Å².